The van der Waals surface area contributed by atoms with Crippen molar-refractivity contribution in [1.29, 1.82) is 0 Å². The number of nitrogens with one attached hydrogen (secondary N) is 1. The van der Waals surface area contributed by atoms with E-state index in [-0.39, 0.29) is 22.9 Å². The summed E-state index contributed by atoms with van der Waals surface area (Å²) in [7, 11) is -4.03. The van der Waals surface area contributed by atoms with Crippen molar-refractivity contribution in [2.45, 2.75) is 25.3 Å². The molecule has 0 spiro atoms. The molecule has 0 heterocycles. The maximum Gasteiger partial charge on any atom is 0.255 e. The third-order valence-electron chi connectivity index (χ3n) is 4.94. The Labute approximate surface area is 203 Å². The van der Waals surface area contributed by atoms with Crippen molar-refractivity contribution in [3.05, 3.63) is 89.2 Å². The number of carbonyl (C=O) groups is 1. The number of hydrazone groups is 1. The highest BCUT2D eigenvalue weighted by Gasteiger charge is 2.27. The van der Waals surface area contributed by atoms with E-state index in [4.69, 9.17) is 4.74 Å². The molecule has 0 unspecified atom stereocenters. The highest BCUT2D eigenvalue weighted by Crippen LogP contribution is 2.26. The van der Waals surface area contributed by atoms with Gasteiger partial charge in [-0.25, -0.2) is 18.2 Å². The summed E-state index contributed by atoms with van der Waals surface area (Å²) in [6, 6.07) is 16.2. The van der Waals surface area contributed by atoms with E-state index in [0.29, 0.717) is 17.7 Å². The molecule has 3 rings (SSSR count). The molecule has 0 aliphatic rings. The number of aromatic hydroxyl groups is 1. The summed E-state index contributed by atoms with van der Waals surface area (Å²) in [4.78, 5) is 12.6. The minimum absolute atomic E-state index is 0.0224. The second-order valence-electron chi connectivity index (χ2n) is 7.67. The molecule has 35 heavy (non-hydrogen) atoms. The molecule has 0 aliphatic carbocycles. The molecule has 0 aliphatic heterocycles. The summed E-state index contributed by atoms with van der Waals surface area (Å²) in [6.45, 7) is 3.34. The first-order valence-electron chi connectivity index (χ1n) is 10.8. The molecular formula is C25H26FN3O5S. The van der Waals surface area contributed by atoms with Gasteiger partial charge in [0.05, 0.1) is 24.3 Å². The molecule has 8 nitrogen and oxygen atoms in total. The maximum atomic E-state index is 13.3. The summed E-state index contributed by atoms with van der Waals surface area (Å²) in [5.74, 6) is -0.860. The molecule has 3 aromatic carbocycles. The number of phenols is 1. The number of sulfonamides is 1. The number of ether oxygens (including phenoxy) is 1. The first kappa shape index (κ1) is 25.9. The number of benzene rings is 3. The zero-order chi connectivity index (χ0) is 25.4. The van der Waals surface area contributed by atoms with Gasteiger partial charge in [0.15, 0.2) is 11.5 Å². The molecule has 0 saturated heterocycles. The average molecular weight is 500 g/mol. The predicted octanol–water partition coefficient (Wildman–Crippen LogP) is 3.58. The van der Waals surface area contributed by atoms with Crippen LogP contribution in [0, 0.1) is 12.7 Å². The average Bonchev–Trinajstić information content (AvgIpc) is 2.82. The third kappa shape index (κ3) is 7.11. The van der Waals surface area contributed by atoms with Gasteiger partial charge >= 0.3 is 0 Å². The van der Waals surface area contributed by atoms with Crippen molar-refractivity contribution in [3.63, 3.8) is 0 Å². The lowest BCUT2D eigenvalue weighted by Crippen LogP contribution is -2.39. The molecule has 0 fully saturated rings. The van der Waals surface area contributed by atoms with Crippen LogP contribution in [0.3, 0.4) is 0 Å². The smallest absolute Gasteiger partial charge is 0.255 e. The highest BCUT2D eigenvalue weighted by molar-refractivity contribution is 7.89. The largest absolute Gasteiger partial charge is 0.504 e. The van der Waals surface area contributed by atoms with Crippen molar-refractivity contribution >= 4 is 22.1 Å². The summed E-state index contributed by atoms with van der Waals surface area (Å²) < 4.78 is 46.2. The summed E-state index contributed by atoms with van der Waals surface area (Å²) >= 11 is 0. The molecule has 1 amide bonds. The van der Waals surface area contributed by atoms with Crippen LogP contribution in [0.5, 0.6) is 11.5 Å². The zero-order valence-electron chi connectivity index (χ0n) is 19.3. The number of halogens is 1. The topological polar surface area (TPSA) is 108 Å². The van der Waals surface area contributed by atoms with E-state index in [1.165, 1.54) is 48.7 Å². The minimum atomic E-state index is -4.03. The maximum absolute atomic E-state index is 13.3. The van der Waals surface area contributed by atoms with Gasteiger partial charge in [-0.2, -0.15) is 9.41 Å². The summed E-state index contributed by atoms with van der Waals surface area (Å²) in [6.07, 6.45) is 1.35. The molecule has 184 valence electrons. The number of hydrogen-bond donors (Lipinski definition) is 2. The Kier molecular flexibility index (Phi) is 8.56. The highest BCUT2D eigenvalue weighted by atomic mass is 32.2. The predicted molar refractivity (Wildman–Crippen MR) is 130 cm³/mol. The second kappa shape index (κ2) is 11.6. The SMILES string of the molecule is CCOc1cc(/C=N\NC(=O)CN(Cc2ccc(F)cc2)S(=O)(=O)c2ccc(C)cc2)ccc1O. The van der Waals surface area contributed by atoms with Crippen molar-refractivity contribution in [2.24, 2.45) is 5.10 Å². The van der Waals surface area contributed by atoms with Gasteiger partial charge in [-0.05, 0) is 67.4 Å². The fourth-order valence-corrected chi connectivity index (χ4v) is 4.52. The van der Waals surface area contributed by atoms with Gasteiger partial charge < -0.3 is 9.84 Å². The second-order valence-corrected chi connectivity index (χ2v) is 9.60. The zero-order valence-corrected chi connectivity index (χ0v) is 20.1. The van der Waals surface area contributed by atoms with Crippen LogP contribution in [0.1, 0.15) is 23.6 Å². The van der Waals surface area contributed by atoms with Crippen LogP contribution in [-0.4, -0.2) is 43.1 Å². The number of carbonyl (C=O) groups excluding carboxylic acids is 1. The van der Waals surface area contributed by atoms with E-state index in [2.05, 4.69) is 10.5 Å². The van der Waals surface area contributed by atoms with Crippen LogP contribution in [0.2, 0.25) is 0 Å². The number of amides is 1. The van der Waals surface area contributed by atoms with Crippen LogP contribution < -0.4 is 10.2 Å². The molecule has 0 saturated carbocycles. The van der Waals surface area contributed by atoms with Crippen molar-refractivity contribution in [3.8, 4) is 11.5 Å². The van der Waals surface area contributed by atoms with E-state index in [0.717, 1.165) is 9.87 Å². The van der Waals surface area contributed by atoms with Gasteiger partial charge in [0.1, 0.15) is 5.82 Å². The molecule has 0 radical (unpaired) electrons. The number of phenolic OH excluding ortho intramolecular Hbond substituents is 1. The van der Waals surface area contributed by atoms with Crippen LogP contribution >= 0.6 is 0 Å². The standard InChI is InChI=1S/C25H26FN3O5S/c1-3-34-24-14-20(8-13-23(24)30)15-27-28-25(31)17-29(16-19-6-9-21(26)10-7-19)35(32,33)22-11-4-18(2)5-12-22/h4-15,30H,3,16-17H2,1-2H3,(H,28,31)/b27-15-. The van der Waals surface area contributed by atoms with E-state index in [1.54, 1.807) is 31.2 Å². The van der Waals surface area contributed by atoms with Crippen molar-refractivity contribution in [2.75, 3.05) is 13.2 Å². The molecule has 2 N–H and O–H groups in total. The van der Waals surface area contributed by atoms with Crippen LogP contribution in [0.4, 0.5) is 4.39 Å². The fraction of sp³-hybridized carbons (Fsp3) is 0.200. The van der Waals surface area contributed by atoms with Gasteiger partial charge in [-0.1, -0.05) is 29.8 Å². The van der Waals surface area contributed by atoms with E-state index in [1.807, 2.05) is 6.92 Å². The molecule has 0 aromatic heterocycles. The Morgan fingerprint density at radius 1 is 1.11 bits per heavy atom. The quantitative estimate of drug-likeness (QED) is 0.328. The number of aryl methyl sites for hydroxylation is 1. The Morgan fingerprint density at radius 3 is 2.46 bits per heavy atom. The Morgan fingerprint density at radius 2 is 1.80 bits per heavy atom. The van der Waals surface area contributed by atoms with Crippen LogP contribution in [0.25, 0.3) is 0 Å². The lowest BCUT2D eigenvalue weighted by atomic mass is 10.2. The first-order chi connectivity index (χ1) is 16.7. The molecule has 10 heteroatoms. The summed E-state index contributed by atoms with van der Waals surface area (Å²) in [5.41, 5.74) is 4.28. The lowest BCUT2D eigenvalue weighted by molar-refractivity contribution is -0.121. The number of hydrogen-bond acceptors (Lipinski definition) is 6. The normalized spacial score (nSPS) is 11.7. The van der Waals surface area contributed by atoms with Gasteiger partial charge in [0, 0.05) is 6.54 Å². The van der Waals surface area contributed by atoms with Crippen LogP contribution in [-0.2, 0) is 21.4 Å². The van der Waals surface area contributed by atoms with E-state index >= 15 is 0 Å². The minimum Gasteiger partial charge on any atom is -0.504 e. The van der Waals surface area contributed by atoms with Gasteiger partial charge in [-0.15, -0.1) is 0 Å². The Hall–Kier alpha value is -3.76. The lowest BCUT2D eigenvalue weighted by Gasteiger charge is -2.21. The van der Waals surface area contributed by atoms with Crippen LogP contribution in [0.15, 0.2) is 76.7 Å². The number of nitrogens with zero attached hydrogens (tertiary/aromatic N) is 2. The van der Waals surface area contributed by atoms with E-state index in [9.17, 15) is 22.7 Å². The molecule has 3 aromatic rings. The Bertz CT molecular complexity index is 1290. The van der Waals surface area contributed by atoms with E-state index < -0.39 is 28.3 Å². The summed E-state index contributed by atoms with van der Waals surface area (Å²) in [5, 5.41) is 13.7. The fourth-order valence-electron chi connectivity index (χ4n) is 3.14. The van der Waals surface area contributed by atoms with Crippen molar-refractivity contribution < 1.29 is 27.4 Å². The van der Waals surface area contributed by atoms with Gasteiger partial charge in [0.2, 0.25) is 10.0 Å². The third-order valence-corrected chi connectivity index (χ3v) is 6.74. The van der Waals surface area contributed by atoms with Gasteiger partial charge in [0.25, 0.3) is 5.91 Å². The monoisotopic (exact) mass is 499 g/mol. The molecule has 0 atom stereocenters. The molecular weight excluding hydrogens is 473 g/mol. The first-order valence-corrected chi connectivity index (χ1v) is 12.2. The van der Waals surface area contributed by atoms with Gasteiger partial charge in [-0.3, -0.25) is 4.79 Å². The Balaban J connectivity index is 1.77. The molecule has 0 bridgehead atoms. The van der Waals surface area contributed by atoms with Crippen molar-refractivity contribution in [1.82, 2.24) is 9.73 Å². The number of rotatable bonds is 10.